The van der Waals surface area contributed by atoms with Gasteiger partial charge in [-0.2, -0.15) is 0 Å². The van der Waals surface area contributed by atoms with Crippen molar-refractivity contribution in [2.45, 2.75) is 6.92 Å². The van der Waals surface area contributed by atoms with Crippen molar-refractivity contribution in [3.63, 3.8) is 0 Å². The zero-order chi connectivity index (χ0) is 13.9. The van der Waals surface area contributed by atoms with Gasteiger partial charge in [0.2, 0.25) is 5.95 Å². The van der Waals surface area contributed by atoms with Crippen LogP contribution < -0.4 is 15.8 Å². The average Bonchev–Trinajstić information content (AvgIpc) is 2.81. The summed E-state index contributed by atoms with van der Waals surface area (Å²) in [6.07, 6.45) is 0. The van der Waals surface area contributed by atoms with E-state index in [4.69, 9.17) is 10.5 Å². The van der Waals surface area contributed by atoms with Crippen LogP contribution in [0.5, 0.6) is 5.75 Å². The number of nitrogen functional groups attached to an aromatic ring is 1. The van der Waals surface area contributed by atoms with Crippen LogP contribution in [0.25, 0.3) is 11.0 Å². The molecule has 4 N–H and O–H groups in total. The lowest BCUT2D eigenvalue weighted by atomic mass is 10.3. The van der Waals surface area contributed by atoms with Crippen LogP contribution in [-0.4, -0.2) is 16.6 Å². The van der Waals surface area contributed by atoms with Gasteiger partial charge in [-0.1, -0.05) is 6.07 Å². The van der Waals surface area contributed by atoms with Crippen LogP contribution in [0.1, 0.15) is 6.92 Å². The third-order valence-corrected chi connectivity index (χ3v) is 2.91. The van der Waals surface area contributed by atoms with Gasteiger partial charge in [0, 0.05) is 17.4 Å². The molecule has 3 aromatic rings. The fraction of sp³-hybridized carbons (Fsp3) is 0.133. The van der Waals surface area contributed by atoms with Crippen molar-refractivity contribution in [2.24, 2.45) is 0 Å². The molecule has 0 bridgehead atoms. The summed E-state index contributed by atoms with van der Waals surface area (Å²) in [6, 6.07) is 13.4. The first-order valence-electron chi connectivity index (χ1n) is 6.50. The molecule has 0 aliphatic heterocycles. The van der Waals surface area contributed by atoms with Gasteiger partial charge in [-0.05, 0) is 37.3 Å². The number of H-pyrrole nitrogens is 1. The summed E-state index contributed by atoms with van der Waals surface area (Å²) in [7, 11) is 0. The predicted octanol–water partition coefficient (Wildman–Crippen LogP) is 3.29. The minimum absolute atomic E-state index is 0.646. The van der Waals surface area contributed by atoms with E-state index in [1.165, 1.54) is 0 Å². The van der Waals surface area contributed by atoms with Crippen LogP contribution in [0.15, 0.2) is 42.5 Å². The molecule has 1 heterocycles. The predicted molar refractivity (Wildman–Crippen MR) is 81.4 cm³/mol. The van der Waals surface area contributed by atoms with Crippen molar-refractivity contribution >= 4 is 28.4 Å². The summed E-state index contributed by atoms with van der Waals surface area (Å²) >= 11 is 0. The number of hydrogen-bond acceptors (Lipinski definition) is 4. The van der Waals surface area contributed by atoms with Crippen LogP contribution >= 0.6 is 0 Å². The zero-order valence-electron chi connectivity index (χ0n) is 11.2. The molecule has 0 aliphatic rings. The Kier molecular flexibility index (Phi) is 3.16. The van der Waals surface area contributed by atoms with E-state index in [0.29, 0.717) is 18.2 Å². The molecular formula is C15H16N4O. The van der Waals surface area contributed by atoms with Crippen molar-refractivity contribution in [3.8, 4) is 5.75 Å². The summed E-state index contributed by atoms with van der Waals surface area (Å²) in [4.78, 5) is 7.66. The van der Waals surface area contributed by atoms with Crippen molar-refractivity contribution in [2.75, 3.05) is 17.7 Å². The Morgan fingerprint density at radius 2 is 2.15 bits per heavy atom. The fourth-order valence-electron chi connectivity index (χ4n) is 2.05. The van der Waals surface area contributed by atoms with Gasteiger partial charge in [0.25, 0.3) is 0 Å². The second-order valence-electron chi connectivity index (χ2n) is 4.45. The van der Waals surface area contributed by atoms with E-state index < -0.39 is 0 Å². The van der Waals surface area contributed by atoms with Gasteiger partial charge in [0.1, 0.15) is 5.75 Å². The molecule has 5 nitrogen and oxygen atoms in total. The Hall–Kier alpha value is -2.69. The van der Waals surface area contributed by atoms with E-state index in [1.54, 1.807) is 0 Å². The van der Waals surface area contributed by atoms with E-state index in [1.807, 2.05) is 49.4 Å². The molecule has 0 unspecified atom stereocenters. The number of hydrogen-bond donors (Lipinski definition) is 3. The highest BCUT2D eigenvalue weighted by molar-refractivity contribution is 5.81. The van der Waals surface area contributed by atoms with Crippen LogP contribution in [0, 0.1) is 0 Å². The molecule has 102 valence electrons. The van der Waals surface area contributed by atoms with E-state index in [0.717, 1.165) is 22.5 Å². The maximum atomic E-state index is 5.75. The first kappa shape index (κ1) is 12.3. The second-order valence-corrected chi connectivity index (χ2v) is 4.45. The first-order valence-corrected chi connectivity index (χ1v) is 6.50. The number of rotatable bonds is 4. The number of anilines is 3. The molecule has 1 aromatic heterocycles. The fourth-order valence-corrected chi connectivity index (χ4v) is 2.05. The first-order chi connectivity index (χ1) is 9.74. The largest absolute Gasteiger partial charge is 0.494 e. The smallest absolute Gasteiger partial charge is 0.205 e. The van der Waals surface area contributed by atoms with Crippen molar-refractivity contribution in [1.29, 1.82) is 0 Å². The second kappa shape index (κ2) is 5.13. The highest BCUT2D eigenvalue weighted by Gasteiger charge is 2.04. The van der Waals surface area contributed by atoms with Crippen molar-refractivity contribution in [1.82, 2.24) is 9.97 Å². The Labute approximate surface area is 116 Å². The molecule has 0 saturated heterocycles. The normalized spacial score (nSPS) is 10.7. The Balaban J connectivity index is 1.87. The Morgan fingerprint density at radius 3 is 3.00 bits per heavy atom. The molecule has 0 atom stereocenters. The van der Waals surface area contributed by atoms with Crippen LogP contribution in [-0.2, 0) is 0 Å². The van der Waals surface area contributed by atoms with Crippen molar-refractivity contribution in [3.05, 3.63) is 42.5 Å². The molecule has 2 aromatic carbocycles. The molecule has 0 saturated carbocycles. The van der Waals surface area contributed by atoms with E-state index in [-0.39, 0.29) is 0 Å². The van der Waals surface area contributed by atoms with Gasteiger partial charge in [-0.25, -0.2) is 4.98 Å². The number of aromatic amines is 1. The van der Waals surface area contributed by atoms with Crippen LogP contribution in [0.2, 0.25) is 0 Å². The minimum Gasteiger partial charge on any atom is -0.494 e. The number of aromatic nitrogens is 2. The third-order valence-electron chi connectivity index (χ3n) is 2.91. The molecule has 5 heteroatoms. The number of nitrogens with one attached hydrogen (secondary N) is 2. The minimum atomic E-state index is 0.646. The highest BCUT2D eigenvalue weighted by Crippen LogP contribution is 2.22. The van der Waals surface area contributed by atoms with Gasteiger partial charge in [0.15, 0.2) is 0 Å². The summed E-state index contributed by atoms with van der Waals surface area (Å²) in [6.45, 7) is 2.61. The highest BCUT2D eigenvalue weighted by atomic mass is 16.5. The third kappa shape index (κ3) is 2.51. The van der Waals surface area contributed by atoms with Crippen molar-refractivity contribution < 1.29 is 4.74 Å². The van der Waals surface area contributed by atoms with Gasteiger partial charge >= 0.3 is 0 Å². The standard InChI is InChI=1S/C15H16N4O/c1-2-20-12-5-3-4-11(9-12)17-15-18-13-7-6-10(16)8-14(13)19-15/h3-9H,2,16H2,1H3,(H2,17,18,19). The molecule has 0 fully saturated rings. The number of benzene rings is 2. The molecule has 0 aliphatic carbocycles. The quantitative estimate of drug-likeness (QED) is 0.635. The lowest BCUT2D eigenvalue weighted by molar-refractivity contribution is 0.340. The summed E-state index contributed by atoms with van der Waals surface area (Å²) in [5.41, 5.74) is 9.18. The maximum absolute atomic E-state index is 5.75. The molecular weight excluding hydrogens is 252 g/mol. The average molecular weight is 268 g/mol. The monoisotopic (exact) mass is 268 g/mol. The molecule has 3 rings (SSSR count). The van der Waals surface area contributed by atoms with E-state index in [2.05, 4.69) is 15.3 Å². The number of nitrogens with zero attached hydrogens (tertiary/aromatic N) is 1. The van der Waals surface area contributed by atoms with E-state index in [9.17, 15) is 0 Å². The summed E-state index contributed by atoms with van der Waals surface area (Å²) in [5, 5.41) is 3.22. The molecule has 0 spiro atoms. The van der Waals surface area contributed by atoms with Gasteiger partial charge in [-0.3, -0.25) is 0 Å². The number of ether oxygens (including phenoxy) is 1. The topological polar surface area (TPSA) is 76.0 Å². The SMILES string of the molecule is CCOc1cccc(Nc2nc3ccc(N)cc3[nH]2)c1. The number of fused-ring (bicyclic) bond motifs is 1. The van der Waals surface area contributed by atoms with Gasteiger partial charge in [0.05, 0.1) is 17.6 Å². The Bertz CT molecular complexity index is 736. The Morgan fingerprint density at radius 1 is 1.25 bits per heavy atom. The summed E-state index contributed by atoms with van der Waals surface area (Å²) < 4.78 is 5.47. The summed E-state index contributed by atoms with van der Waals surface area (Å²) in [5.74, 6) is 1.51. The van der Waals surface area contributed by atoms with Crippen LogP contribution in [0.4, 0.5) is 17.3 Å². The maximum Gasteiger partial charge on any atom is 0.205 e. The molecule has 0 amide bonds. The van der Waals surface area contributed by atoms with E-state index >= 15 is 0 Å². The number of imidazole rings is 1. The number of nitrogens with two attached hydrogens (primary N) is 1. The van der Waals surface area contributed by atoms with Crippen LogP contribution in [0.3, 0.4) is 0 Å². The molecule has 0 radical (unpaired) electrons. The lowest BCUT2D eigenvalue weighted by Crippen LogP contribution is -1.95. The van der Waals surface area contributed by atoms with Gasteiger partial charge in [-0.15, -0.1) is 0 Å². The van der Waals surface area contributed by atoms with Gasteiger partial charge < -0.3 is 20.8 Å². The zero-order valence-corrected chi connectivity index (χ0v) is 11.2. The lowest BCUT2D eigenvalue weighted by Gasteiger charge is -2.06. The molecule has 20 heavy (non-hydrogen) atoms.